The van der Waals surface area contributed by atoms with E-state index in [9.17, 15) is 0 Å². The van der Waals surface area contributed by atoms with Gasteiger partial charge >= 0.3 is 0 Å². The van der Waals surface area contributed by atoms with Crippen molar-refractivity contribution in [2.75, 3.05) is 0 Å². The van der Waals surface area contributed by atoms with Crippen LogP contribution >= 0.6 is 0 Å². The average Bonchev–Trinajstić information content (AvgIpc) is 3.66. The number of imidazole rings is 2. The molecule has 5 nitrogen and oxygen atoms in total. The largest absolute Gasteiger partial charge is 0.452 e. The van der Waals surface area contributed by atoms with Gasteiger partial charge in [-0.2, -0.15) is 0 Å². The van der Waals surface area contributed by atoms with Crippen molar-refractivity contribution in [2.45, 2.75) is 0 Å². The monoisotopic (exact) mass is 552 g/mol. The zero-order chi connectivity index (χ0) is 28.3. The highest BCUT2D eigenvalue weighted by Gasteiger charge is 2.27. The van der Waals surface area contributed by atoms with Crippen molar-refractivity contribution in [3.63, 3.8) is 0 Å². The van der Waals surface area contributed by atoms with Gasteiger partial charge in [0.2, 0.25) is 0 Å². The van der Waals surface area contributed by atoms with Crippen LogP contribution in [0.4, 0.5) is 0 Å². The van der Waals surface area contributed by atoms with Crippen molar-refractivity contribution in [1.82, 2.24) is 19.1 Å². The second-order valence-corrected chi connectivity index (χ2v) is 10.7. The zero-order valence-electron chi connectivity index (χ0n) is 23.1. The molecule has 43 heavy (non-hydrogen) atoms. The summed E-state index contributed by atoms with van der Waals surface area (Å²) in [6.07, 6.45) is 0. The fraction of sp³-hybridized carbons (Fsp3) is 0. The van der Waals surface area contributed by atoms with E-state index < -0.39 is 0 Å². The summed E-state index contributed by atoms with van der Waals surface area (Å²) in [6.45, 7) is 0. The smallest absolute Gasteiger partial charge is 0.159 e. The second-order valence-electron chi connectivity index (χ2n) is 10.7. The molecule has 0 aliphatic carbocycles. The summed E-state index contributed by atoms with van der Waals surface area (Å²) in [5.74, 6) is 3.44. The van der Waals surface area contributed by atoms with Crippen LogP contribution in [0.15, 0.2) is 146 Å². The van der Waals surface area contributed by atoms with E-state index in [0.29, 0.717) is 0 Å². The summed E-state index contributed by atoms with van der Waals surface area (Å²) in [7, 11) is 0. The maximum Gasteiger partial charge on any atom is 0.159 e. The highest BCUT2D eigenvalue weighted by atomic mass is 16.5. The predicted octanol–water partition coefficient (Wildman–Crippen LogP) is 9.47. The van der Waals surface area contributed by atoms with Crippen LogP contribution in [0, 0.1) is 0 Å². The summed E-state index contributed by atoms with van der Waals surface area (Å²) in [5.41, 5.74) is 10.2. The van der Waals surface area contributed by atoms with Crippen molar-refractivity contribution in [1.29, 1.82) is 0 Å². The van der Waals surface area contributed by atoms with Crippen molar-refractivity contribution in [3.8, 4) is 56.8 Å². The standard InChI is InChI=1S/C38H24N4O/c1-3-11-26(12-4-1)38-40-31-17-10-20-34-35(31)42(38)33-19-9-15-29(36(33)43-34)25-21-23-27(24-22-25)37-39-30-16-7-8-18-32(30)41(37)28-13-5-2-6-14-28/h1-24H. The van der Waals surface area contributed by atoms with Gasteiger partial charge in [-0.15, -0.1) is 0 Å². The van der Waals surface area contributed by atoms with E-state index in [1.807, 2.05) is 48.5 Å². The number of benzene rings is 6. The maximum absolute atomic E-state index is 6.64. The minimum absolute atomic E-state index is 0.806. The molecule has 1 aliphatic rings. The van der Waals surface area contributed by atoms with E-state index in [1.54, 1.807) is 0 Å². The summed E-state index contributed by atoms with van der Waals surface area (Å²) in [4.78, 5) is 10.1. The van der Waals surface area contributed by atoms with Gasteiger partial charge in [-0.3, -0.25) is 9.13 Å². The molecular formula is C38H24N4O. The highest BCUT2D eigenvalue weighted by molar-refractivity contribution is 5.93. The Morgan fingerprint density at radius 3 is 1.93 bits per heavy atom. The molecule has 0 saturated heterocycles. The molecule has 3 heterocycles. The van der Waals surface area contributed by atoms with Gasteiger partial charge in [0.05, 0.1) is 22.2 Å². The first-order valence-corrected chi connectivity index (χ1v) is 14.4. The van der Waals surface area contributed by atoms with Crippen LogP contribution in [0.25, 0.3) is 67.3 Å². The molecule has 0 atom stereocenters. The van der Waals surface area contributed by atoms with E-state index in [1.165, 1.54) is 0 Å². The van der Waals surface area contributed by atoms with E-state index >= 15 is 0 Å². The molecule has 0 fully saturated rings. The van der Waals surface area contributed by atoms with Crippen LogP contribution in [-0.2, 0) is 0 Å². The lowest BCUT2D eigenvalue weighted by Crippen LogP contribution is -2.06. The van der Waals surface area contributed by atoms with Gasteiger partial charge in [-0.1, -0.05) is 103 Å². The topological polar surface area (TPSA) is 44.9 Å². The Bertz CT molecular complexity index is 2300. The molecule has 0 bridgehead atoms. The number of rotatable bonds is 4. The molecule has 0 N–H and O–H groups in total. The summed E-state index contributed by atoms with van der Waals surface area (Å²) in [6, 6.07) is 50.0. The van der Waals surface area contributed by atoms with Crippen LogP contribution in [0.3, 0.4) is 0 Å². The molecule has 2 aromatic heterocycles. The van der Waals surface area contributed by atoms with Crippen LogP contribution in [0.2, 0.25) is 0 Å². The molecule has 9 rings (SSSR count). The Hall–Kier alpha value is -5.94. The predicted molar refractivity (Wildman–Crippen MR) is 172 cm³/mol. The third-order valence-corrected chi connectivity index (χ3v) is 8.15. The van der Waals surface area contributed by atoms with Crippen molar-refractivity contribution in [2.24, 2.45) is 0 Å². The van der Waals surface area contributed by atoms with E-state index in [4.69, 9.17) is 14.7 Å². The van der Waals surface area contributed by atoms with Gasteiger partial charge in [-0.05, 0) is 48.0 Å². The first kappa shape index (κ1) is 23.7. The van der Waals surface area contributed by atoms with E-state index in [0.717, 1.165) is 78.8 Å². The lowest BCUT2D eigenvalue weighted by atomic mass is 10.0. The molecule has 5 heteroatoms. The van der Waals surface area contributed by atoms with Gasteiger partial charge in [-0.25, -0.2) is 9.97 Å². The zero-order valence-corrected chi connectivity index (χ0v) is 23.1. The Morgan fingerprint density at radius 2 is 1.09 bits per heavy atom. The van der Waals surface area contributed by atoms with Crippen molar-refractivity contribution >= 4 is 22.1 Å². The SMILES string of the molecule is c1ccc(-c2nc3cccc4c3n2-c2cccc(-c3ccc(-c5nc6ccccc6n5-c5ccccc5)cc3)c2O4)cc1. The molecule has 0 spiro atoms. The van der Waals surface area contributed by atoms with Gasteiger partial charge in [0.25, 0.3) is 0 Å². The third kappa shape index (κ3) is 3.65. The van der Waals surface area contributed by atoms with E-state index in [2.05, 4.69) is 106 Å². The number of nitrogens with zero attached hydrogens (tertiary/aromatic N) is 4. The number of para-hydroxylation sites is 5. The van der Waals surface area contributed by atoms with Crippen LogP contribution in [0.5, 0.6) is 11.5 Å². The fourth-order valence-corrected chi connectivity index (χ4v) is 6.20. The number of aromatic nitrogens is 4. The number of ether oxygens (including phenoxy) is 1. The van der Waals surface area contributed by atoms with Gasteiger partial charge in [0.15, 0.2) is 11.5 Å². The van der Waals surface area contributed by atoms with Crippen LogP contribution < -0.4 is 4.74 Å². The lowest BCUT2D eigenvalue weighted by molar-refractivity contribution is 0.477. The second kappa shape index (κ2) is 9.29. The Labute approximate surface area is 247 Å². The molecule has 0 unspecified atom stereocenters. The Balaban J connectivity index is 1.19. The van der Waals surface area contributed by atoms with Crippen molar-refractivity contribution < 1.29 is 4.74 Å². The lowest BCUT2D eigenvalue weighted by Gasteiger charge is -2.23. The number of hydrogen-bond donors (Lipinski definition) is 0. The summed E-state index contributed by atoms with van der Waals surface area (Å²) in [5, 5.41) is 0. The first-order valence-electron chi connectivity index (χ1n) is 14.4. The molecule has 0 saturated carbocycles. The highest BCUT2D eigenvalue weighted by Crippen LogP contribution is 2.47. The van der Waals surface area contributed by atoms with Crippen molar-refractivity contribution in [3.05, 3.63) is 146 Å². The molecular weight excluding hydrogens is 528 g/mol. The van der Waals surface area contributed by atoms with Crippen LogP contribution in [-0.4, -0.2) is 19.1 Å². The van der Waals surface area contributed by atoms with Crippen LogP contribution in [0.1, 0.15) is 0 Å². The minimum atomic E-state index is 0.806. The maximum atomic E-state index is 6.64. The molecule has 8 aromatic rings. The molecule has 6 aromatic carbocycles. The Kier molecular flexibility index (Phi) is 5.13. The van der Waals surface area contributed by atoms with Gasteiger partial charge in [0, 0.05) is 22.4 Å². The number of fused-ring (bicyclic) bond motifs is 3. The van der Waals surface area contributed by atoms with Gasteiger partial charge in [0.1, 0.15) is 17.2 Å². The van der Waals surface area contributed by atoms with E-state index in [-0.39, 0.29) is 0 Å². The Morgan fingerprint density at radius 1 is 0.465 bits per heavy atom. The molecule has 202 valence electrons. The fourth-order valence-electron chi connectivity index (χ4n) is 6.20. The summed E-state index contributed by atoms with van der Waals surface area (Å²) >= 11 is 0. The normalized spacial score (nSPS) is 11.9. The third-order valence-electron chi connectivity index (χ3n) is 8.15. The quantitative estimate of drug-likeness (QED) is 0.218. The summed E-state index contributed by atoms with van der Waals surface area (Å²) < 4.78 is 11.1. The molecule has 1 aliphatic heterocycles. The molecule has 0 amide bonds. The average molecular weight is 553 g/mol. The first-order chi connectivity index (χ1) is 21.3. The molecule has 0 radical (unpaired) electrons. The number of hydrogen-bond acceptors (Lipinski definition) is 3. The minimum Gasteiger partial charge on any atom is -0.452 e. The van der Waals surface area contributed by atoms with Gasteiger partial charge < -0.3 is 4.74 Å².